The maximum Gasteiger partial charge on any atom is 0.190 e. The summed E-state index contributed by atoms with van der Waals surface area (Å²) in [5, 5.41) is 2.21. The summed E-state index contributed by atoms with van der Waals surface area (Å²) in [6.07, 6.45) is 6.73. The van der Waals surface area contributed by atoms with Crippen molar-refractivity contribution < 1.29 is 0 Å². The van der Waals surface area contributed by atoms with Crippen LogP contribution in [0.15, 0.2) is 77.6 Å². The molecule has 0 spiro atoms. The van der Waals surface area contributed by atoms with Gasteiger partial charge < -0.3 is 9.13 Å². The number of hydrogen-bond donors (Lipinski definition) is 0. The van der Waals surface area contributed by atoms with E-state index < -0.39 is 0 Å². The van der Waals surface area contributed by atoms with Crippen LogP contribution in [0.3, 0.4) is 0 Å². The molecule has 0 atom stereocenters. The third kappa shape index (κ3) is 4.15. The summed E-state index contributed by atoms with van der Waals surface area (Å²) in [6, 6.07) is 16.9. The van der Waals surface area contributed by atoms with Crippen LogP contribution in [0.4, 0.5) is 5.69 Å². The zero-order chi connectivity index (χ0) is 19.3. The molecule has 0 aliphatic carbocycles. The monoisotopic (exact) mass is 388 g/mol. The van der Waals surface area contributed by atoms with E-state index in [9.17, 15) is 0 Å². The third-order valence-electron chi connectivity index (χ3n) is 4.94. The van der Waals surface area contributed by atoms with E-state index >= 15 is 0 Å². The smallest absolute Gasteiger partial charge is 0.190 e. The summed E-state index contributed by atoms with van der Waals surface area (Å²) in [5.41, 5.74) is 6.02. The normalized spacial score (nSPS) is 11.9. The molecule has 0 amide bonds. The Bertz CT molecular complexity index is 1110. The summed E-state index contributed by atoms with van der Waals surface area (Å²) >= 11 is 1.70. The zero-order valence-corrected chi connectivity index (χ0v) is 17.1. The van der Waals surface area contributed by atoms with Crippen LogP contribution >= 0.6 is 11.3 Å². The molecule has 142 valence electrons. The summed E-state index contributed by atoms with van der Waals surface area (Å²) in [4.78, 5) is 10.1. The summed E-state index contributed by atoms with van der Waals surface area (Å²) in [6.45, 7) is 6.13. The number of benzene rings is 2. The van der Waals surface area contributed by atoms with Crippen LogP contribution in [0.1, 0.15) is 17.5 Å². The van der Waals surface area contributed by atoms with E-state index in [0.29, 0.717) is 0 Å². The predicted octanol–water partition coefficient (Wildman–Crippen LogP) is 5.35. The third-order valence-corrected chi connectivity index (χ3v) is 5.80. The second-order valence-corrected chi connectivity index (χ2v) is 7.79. The molecule has 0 radical (unpaired) electrons. The van der Waals surface area contributed by atoms with Gasteiger partial charge in [0, 0.05) is 30.9 Å². The van der Waals surface area contributed by atoms with Crippen molar-refractivity contribution >= 4 is 17.0 Å². The van der Waals surface area contributed by atoms with Crippen LogP contribution < -0.4 is 4.80 Å². The standard InChI is InChI=1S/C23H24N4S/c1-18-9-10-21(15-19(18)2)25-23-27(13-6-12-26-14-11-24-17-26)22(16-28-23)20-7-4-3-5-8-20/h3-5,7-11,14-17H,6,12-13H2,1-2H3. The molecule has 0 saturated carbocycles. The molecule has 28 heavy (non-hydrogen) atoms. The Hall–Kier alpha value is -2.92. The van der Waals surface area contributed by atoms with Crippen molar-refractivity contribution in [1.29, 1.82) is 0 Å². The van der Waals surface area contributed by atoms with Crippen molar-refractivity contribution in [3.63, 3.8) is 0 Å². The molecule has 0 unspecified atom stereocenters. The maximum atomic E-state index is 4.97. The van der Waals surface area contributed by atoms with Gasteiger partial charge in [0.25, 0.3) is 0 Å². The largest absolute Gasteiger partial charge is 0.337 e. The highest BCUT2D eigenvalue weighted by Gasteiger charge is 2.08. The van der Waals surface area contributed by atoms with Gasteiger partial charge in [0.05, 0.1) is 17.7 Å². The highest BCUT2D eigenvalue weighted by molar-refractivity contribution is 7.07. The molecule has 2 aromatic heterocycles. The fourth-order valence-electron chi connectivity index (χ4n) is 3.21. The molecule has 0 bridgehead atoms. The fourth-order valence-corrected chi connectivity index (χ4v) is 4.17. The topological polar surface area (TPSA) is 35.1 Å². The van der Waals surface area contributed by atoms with E-state index in [1.165, 1.54) is 22.4 Å². The Labute approximate surface area is 169 Å². The molecule has 0 saturated heterocycles. The Morgan fingerprint density at radius 1 is 1.00 bits per heavy atom. The van der Waals surface area contributed by atoms with Crippen molar-refractivity contribution in [3.8, 4) is 11.3 Å². The summed E-state index contributed by atoms with van der Waals surface area (Å²) < 4.78 is 4.46. The van der Waals surface area contributed by atoms with Gasteiger partial charge in [-0.1, -0.05) is 36.4 Å². The Kier molecular flexibility index (Phi) is 5.53. The Morgan fingerprint density at radius 2 is 1.86 bits per heavy atom. The summed E-state index contributed by atoms with van der Waals surface area (Å²) in [7, 11) is 0. The number of hydrogen-bond acceptors (Lipinski definition) is 3. The minimum Gasteiger partial charge on any atom is -0.337 e. The zero-order valence-electron chi connectivity index (χ0n) is 16.2. The van der Waals surface area contributed by atoms with E-state index in [1.807, 2.05) is 18.7 Å². The highest BCUT2D eigenvalue weighted by atomic mass is 32.1. The first-order valence-electron chi connectivity index (χ1n) is 9.52. The number of rotatable bonds is 6. The van der Waals surface area contributed by atoms with Crippen molar-refractivity contribution in [1.82, 2.24) is 14.1 Å². The van der Waals surface area contributed by atoms with Crippen LogP contribution in [0.25, 0.3) is 11.3 Å². The lowest BCUT2D eigenvalue weighted by Crippen LogP contribution is -2.17. The number of aryl methyl sites for hydroxylation is 3. The first kappa shape index (κ1) is 18.4. The van der Waals surface area contributed by atoms with Crippen molar-refractivity contribution in [2.75, 3.05) is 0 Å². The lowest BCUT2D eigenvalue weighted by molar-refractivity contribution is 0.559. The minimum atomic E-state index is 0.912. The first-order chi connectivity index (χ1) is 13.7. The van der Waals surface area contributed by atoms with Gasteiger partial charge >= 0.3 is 0 Å². The van der Waals surface area contributed by atoms with Crippen LogP contribution in [-0.4, -0.2) is 14.1 Å². The average molecular weight is 389 g/mol. The molecular weight excluding hydrogens is 364 g/mol. The van der Waals surface area contributed by atoms with Gasteiger partial charge in [0.15, 0.2) is 4.80 Å². The SMILES string of the molecule is Cc1ccc(N=c2scc(-c3ccccc3)n2CCCn2ccnc2)cc1C. The van der Waals surface area contributed by atoms with E-state index in [4.69, 9.17) is 4.99 Å². The Balaban J connectivity index is 1.69. The minimum absolute atomic E-state index is 0.912. The molecule has 4 rings (SSSR count). The van der Waals surface area contributed by atoms with Gasteiger partial charge in [-0.15, -0.1) is 11.3 Å². The number of imidazole rings is 1. The molecule has 0 aliphatic heterocycles. The molecule has 4 aromatic rings. The van der Waals surface area contributed by atoms with Crippen molar-refractivity contribution in [2.45, 2.75) is 33.4 Å². The quantitative estimate of drug-likeness (QED) is 0.438. The molecule has 0 N–H and O–H groups in total. The number of nitrogens with zero attached hydrogens (tertiary/aromatic N) is 4. The molecule has 4 nitrogen and oxygen atoms in total. The Morgan fingerprint density at radius 3 is 2.61 bits per heavy atom. The van der Waals surface area contributed by atoms with E-state index in [-0.39, 0.29) is 0 Å². The second kappa shape index (κ2) is 8.40. The van der Waals surface area contributed by atoms with Gasteiger partial charge in [0.2, 0.25) is 0 Å². The van der Waals surface area contributed by atoms with Gasteiger partial charge in [0.1, 0.15) is 0 Å². The van der Waals surface area contributed by atoms with E-state index in [0.717, 1.165) is 30.0 Å². The van der Waals surface area contributed by atoms with Crippen LogP contribution in [0.2, 0.25) is 0 Å². The maximum absolute atomic E-state index is 4.97. The number of aromatic nitrogens is 3. The molecule has 2 aromatic carbocycles. The lowest BCUT2D eigenvalue weighted by atomic mass is 10.1. The highest BCUT2D eigenvalue weighted by Crippen LogP contribution is 2.22. The molecular formula is C23H24N4S. The van der Waals surface area contributed by atoms with E-state index in [1.54, 1.807) is 11.3 Å². The summed E-state index contributed by atoms with van der Waals surface area (Å²) in [5.74, 6) is 0. The van der Waals surface area contributed by atoms with Crippen molar-refractivity contribution in [3.05, 3.63) is 88.6 Å². The fraction of sp³-hybridized carbons (Fsp3) is 0.217. The van der Waals surface area contributed by atoms with Crippen LogP contribution in [0, 0.1) is 13.8 Å². The number of thiazole rings is 1. The second-order valence-electron chi connectivity index (χ2n) is 6.96. The molecule has 5 heteroatoms. The predicted molar refractivity (Wildman–Crippen MR) is 116 cm³/mol. The average Bonchev–Trinajstić information content (AvgIpc) is 3.36. The van der Waals surface area contributed by atoms with Crippen LogP contribution in [-0.2, 0) is 13.1 Å². The van der Waals surface area contributed by atoms with Gasteiger partial charge in [-0.2, -0.15) is 0 Å². The van der Waals surface area contributed by atoms with Gasteiger partial charge in [-0.25, -0.2) is 9.98 Å². The molecule has 0 aliphatic rings. The van der Waals surface area contributed by atoms with Gasteiger partial charge in [-0.3, -0.25) is 0 Å². The lowest BCUT2D eigenvalue weighted by Gasteiger charge is -2.10. The molecule has 0 fully saturated rings. The first-order valence-corrected chi connectivity index (χ1v) is 10.4. The van der Waals surface area contributed by atoms with Gasteiger partial charge in [-0.05, 0) is 49.1 Å². The van der Waals surface area contributed by atoms with Crippen LogP contribution in [0.5, 0.6) is 0 Å². The van der Waals surface area contributed by atoms with Crippen molar-refractivity contribution in [2.24, 2.45) is 4.99 Å². The van der Waals surface area contributed by atoms with E-state index in [2.05, 4.69) is 81.9 Å². The molecule has 2 heterocycles.